The summed E-state index contributed by atoms with van der Waals surface area (Å²) >= 11 is 0. The molecule has 11 nitrogen and oxygen atoms in total. The summed E-state index contributed by atoms with van der Waals surface area (Å²) in [7, 11) is 0. The molecular weight excluding hydrogens is 1980 g/mol. The Bertz CT molecular complexity index is 5590. The molecule has 17 aromatic rings. The number of fused-ring (bicyclic) bond motifs is 6. The third-order valence-electron chi connectivity index (χ3n) is 17.5. The van der Waals surface area contributed by atoms with Crippen LogP contribution in [-0.4, -0.2) is 47.8 Å². The molecule has 7 heterocycles. The summed E-state index contributed by atoms with van der Waals surface area (Å²) in [6, 6.07) is 79.6. The maximum Gasteiger partial charge on any atom is 0.120 e. The Morgan fingerprint density at radius 1 is 0.333 bits per heavy atom. The zero-order valence-electron chi connectivity index (χ0n) is 57.3. The van der Waals surface area contributed by atoms with Crippen LogP contribution < -0.4 is 0 Å². The zero-order chi connectivity index (χ0) is 67.6. The van der Waals surface area contributed by atoms with Crippen LogP contribution in [-0.2, 0) is 80.4 Å². The molecule has 17 rings (SSSR count). The summed E-state index contributed by atoms with van der Waals surface area (Å²) in [6.45, 7) is 19.1. The van der Waals surface area contributed by atoms with Gasteiger partial charge in [-0.2, -0.15) is 0 Å². The summed E-state index contributed by atoms with van der Waals surface area (Å²) in [5.74, 6) is 3.15. The number of aryl methyl sites for hydroxylation is 9. The van der Waals surface area contributed by atoms with E-state index in [1.54, 1.807) is 12.3 Å². The van der Waals surface area contributed by atoms with Gasteiger partial charge in [0, 0.05) is 176 Å². The van der Waals surface area contributed by atoms with Crippen LogP contribution in [0, 0.1) is 92.4 Å². The van der Waals surface area contributed by atoms with Gasteiger partial charge in [-0.05, 0) is 144 Å². The molecule has 0 spiro atoms. The van der Waals surface area contributed by atoms with E-state index in [9.17, 15) is 4.39 Å². The number of para-hydroxylation sites is 3. The van der Waals surface area contributed by atoms with Crippen molar-refractivity contribution >= 4 is 43.9 Å². The van der Waals surface area contributed by atoms with Gasteiger partial charge in [-0.1, -0.05) is 118 Å². The van der Waals surface area contributed by atoms with E-state index in [1.165, 1.54) is 73.6 Å². The Morgan fingerprint density at radius 2 is 0.775 bits per heavy atom. The first-order chi connectivity index (χ1) is 47.7. The molecule has 516 valence electrons. The quantitative estimate of drug-likeness (QED) is 0.133. The first-order valence-corrected chi connectivity index (χ1v) is 32.5. The van der Waals surface area contributed by atoms with Crippen molar-refractivity contribution in [3.8, 4) is 74.0 Å². The zero-order valence-corrected chi connectivity index (χ0v) is 66.9. The van der Waals surface area contributed by atoms with Crippen molar-refractivity contribution in [2.24, 2.45) is 0 Å². The Hall–Kier alpha value is -9.68. The molecule has 0 fully saturated rings. The van der Waals surface area contributed by atoms with Gasteiger partial charge in [0.1, 0.15) is 5.58 Å². The van der Waals surface area contributed by atoms with Crippen molar-refractivity contribution in [3.63, 3.8) is 0 Å². The second-order valence-corrected chi connectivity index (χ2v) is 24.7. The second kappa shape index (κ2) is 33.0. The number of hydrogen-bond donors (Lipinski definition) is 0. The molecule has 0 saturated heterocycles. The van der Waals surface area contributed by atoms with Crippen LogP contribution in [0.2, 0.25) is 0 Å². The molecule has 10 aromatic carbocycles. The standard InChI is InChI=1S/C29H23N4.C24H19N2O.C18H16FN2.C15H11N2.4Ir/c1-19-16-20(2)28(21(3)17-19)32-15-14-31-29(32)22-11-12-25-24(18-22)27-26(10-7-13-30-27)33(25)23-8-5-4-6-9-23;1-15-12-16(2)23(17(3)13-15)26-11-10-25-24(26)18-8-9-22-20(14-18)19-6-4-5-7-21(19)27-22;1-12-10-13(2)17(14(3)11-12)21-9-8-20-18(21)15-4-6-16(19)7-5-15;1-3-7-13(8-4-1)15-16-11-12-17(15)14-9-5-2-6-10-14;;;;/h4-10,12-18H,1-3H3;4-7,9-14H,1-3H3;4,6-11H,1-3H3;1-7,9-12H;;;;/q4*-1;;;;. The molecule has 7 aromatic heterocycles. The Balaban J connectivity index is 0.000000148. The Labute approximate surface area is 647 Å². The maximum absolute atomic E-state index is 13.1. The summed E-state index contributed by atoms with van der Waals surface area (Å²) in [4.78, 5) is 22.9. The van der Waals surface area contributed by atoms with Crippen LogP contribution in [0.5, 0.6) is 0 Å². The topological polar surface area (TPSA) is 102 Å². The van der Waals surface area contributed by atoms with Crippen LogP contribution in [0.15, 0.2) is 260 Å². The van der Waals surface area contributed by atoms with E-state index < -0.39 is 0 Å². The first kappa shape index (κ1) is 75.0. The fourth-order valence-corrected chi connectivity index (χ4v) is 13.6. The van der Waals surface area contributed by atoms with Gasteiger partial charge in [0.15, 0.2) is 0 Å². The van der Waals surface area contributed by atoms with Gasteiger partial charge in [0.05, 0.1) is 39.9 Å². The van der Waals surface area contributed by atoms with E-state index in [-0.39, 0.29) is 86.2 Å². The number of nitrogens with zero attached hydrogens (tertiary/aromatic N) is 10. The average molecular weight is 2050 g/mol. The smallest absolute Gasteiger partial charge is 0.120 e. The number of halogens is 1. The molecule has 16 heteroatoms. The van der Waals surface area contributed by atoms with Crippen molar-refractivity contribution in [1.29, 1.82) is 0 Å². The minimum Gasteiger partial charge on any atom is -0.500 e. The third kappa shape index (κ3) is 15.4. The van der Waals surface area contributed by atoms with Crippen LogP contribution in [0.3, 0.4) is 0 Å². The van der Waals surface area contributed by atoms with E-state index in [1.807, 2.05) is 133 Å². The van der Waals surface area contributed by atoms with Gasteiger partial charge in [-0.25, -0.2) is 0 Å². The van der Waals surface area contributed by atoms with E-state index in [2.05, 4.69) is 223 Å². The molecule has 0 amide bonds. The molecule has 0 unspecified atom stereocenters. The third-order valence-corrected chi connectivity index (χ3v) is 17.5. The predicted molar refractivity (Wildman–Crippen MR) is 393 cm³/mol. The SMILES string of the molecule is Cc1cc(C)c(-n2ccnc2-c2[c-]cc(F)cc2)c(C)c1.Cc1cc(C)c(-n2ccnc2-c2[c-]cc3c(c2)c2ncccc2n3-c2ccccc2)c(C)c1.Cc1cc(C)c(-n2ccnc2-c2[c-]cc3oc4ccccc4c3c2)c(C)c1.[Ir].[Ir].[Ir].[Ir].[c-]1ccccc1-c1nccn1-c1ccccc1. The minimum absolute atomic E-state index is 0. The fraction of sp³-hybridized carbons (Fsp3) is 0.105. The van der Waals surface area contributed by atoms with Crippen molar-refractivity contribution < 1.29 is 89.2 Å². The van der Waals surface area contributed by atoms with Gasteiger partial charge in [0.2, 0.25) is 0 Å². The number of aromatic nitrogens is 10. The molecule has 0 saturated carbocycles. The molecule has 0 N–H and O–H groups in total. The van der Waals surface area contributed by atoms with Crippen molar-refractivity contribution in [2.75, 3.05) is 0 Å². The molecule has 0 aliphatic heterocycles. The van der Waals surface area contributed by atoms with Gasteiger partial charge >= 0.3 is 0 Å². The second-order valence-electron chi connectivity index (χ2n) is 24.7. The van der Waals surface area contributed by atoms with Crippen LogP contribution in [0.25, 0.3) is 118 Å². The molecule has 0 aliphatic rings. The van der Waals surface area contributed by atoms with Crippen LogP contribution >= 0.6 is 0 Å². The number of pyridine rings is 1. The monoisotopic (exact) mass is 2050 g/mol. The minimum atomic E-state index is -0.292. The summed E-state index contributed by atoms with van der Waals surface area (Å²) < 4.78 is 29.7. The van der Waals surface area contributed by atoms with E-state index in [0.29, 0.717) is 0 Å². The molecule has 102 heavy (non-hydrogen) atoms. The molecule has 0 aliphatic carbocycles. The van der Waals surface area contributed by atoms with E-state index >= 15 is 0 Å². The maximum atomic E-state index is 13.1. The number of furan rings is 1. The molecule has 0 bridgehead atoms. The molecular formula is C86H69FIr4N10O-4. The Morgan fingerprint density at radius 3 is 1.28 bits per heavy atom. The van der Waals surface area contributed by atoms with Crippen molar-refractivity contribution in [3.05, 3.63) is 336 Å². The fourth-order valence-electron chi connectivity index (χ4n) is 13.6. The molecule has 0 atom stereocenters. The van der Waals surface area contributed by atoms with Crippen molar-refractivity contribution in [2.45, 2.75) is 62.3 Å². The van der Waals surface area contributed by atoms with E-state index in [4.69, 9.17) is 14.4 Å². The summed E-state index contributed by atoms with van der Waals surface area (Å²) in [5, 5.41) is 3.30. The normalized spacial score (nSPS) is 10.7. The predicted octanol–water partition coefficient (Wildman–Crippen LogP) is 20.7. The number of rotatable bonds is 9. The van der Waals surface area contributed by atoms with Gasteiger partial charge in [-0.15, -0.1) is 113 Å². The Kier molecular flexibility index (Phi) is 24.2. The summed E-state index contributed by atoms with van der Waals surface area (Å²) in [6.07, 6.45) is 17.1. The van der Waals surface area contributed by atoms with Gasteiger partial charge < -0.3 is 27.3 Å². The van der Waals surface area contributed by atoms with E-state index in [0.717, 1.165) is 106 Å². The number of imidazole rings is 4. The van der Waals surface area contributed by atoms with Crippen LogP contribution in [0.4, 0.5) is 4.39 Å². The van der Waals surface area contributed by atoms with Gasteiger partial charge in [0.25, 0.3) is 0 Å². The van der Waals surface area contributed by atoms with Gasteiger partial charge in [-0.3, -0.25) is 29.3 Å². The number of hydrogen-bond acceptors (Lipinski definition) is 6. The molecule has 4 radical (unpaired) electrons. The largest absolute Gasteiger partial charge is 0.500 e. The summed E-state index contributed by atoms with van der Waals surface area (Å²) in [5.41, 5.74) is 25.4. The first-order valence-electron chi connectivity index (χ1n) is 32.5. The van der Waals surface area contributed by atoms with Crippen molar-refractivity contribution in [1.82, 2.24) is 47.8 Å². The van der Waals surface area contributed by atoms with Crippen LogP contribution in [0.1, 0.15) is 50.1 Å². The average Bonchev–Trinajstić information content (AvgIpc) is 1.59. The number of benzene rings is 10.